The molecule has 0 radical (unpaired) electrons. The summed E-state index contributed by atoms with van der Waals surface area (Å²) in [4.78, 5) is 6.83. The first-order valence-electron chi connectivity index (χ1n) is 6.04. The minimum Gasteiger partial charge on any atom is -0.380 e. The second-order valence-corrected chi connectivity index (χ2v) is 5.66. The summed E-state index contributed by atoms with van der Waals surface area (Å²) in [5, 5.41) is 0. The Bertz CT molecular complexity index is 355. The summed E-state index contributed by atoms with van der Waals surface area (Å²) in [6.45, 7) is 5.33. The number of halogens is 1. The molecule has 0 bridgehead atoms. The predicted molar refractivity (Wildman–Crippen MR) is 71.8 cm³/mol. The smallest absolute Gasteiger partial charge is 0.0724 e. The fraction of sp³-hybridized carbons (Fsp3) is 0.615. The van der Waals surface area contributed by atoms with Gasteiger partial charge in [-0.05, 0) is 46.9 Å². The summed E-state index contributed by atoms with van der Waals surface area (Å²) < 4.78 is 6.55. The number of ether oxygens (including phenoxy) is 1. The van der Waals surface area contributed by atoms with Crippen molar-refractivity contribution in [2.24, 2.45) is 5.92 Å². The molecule has 0 spiro atoms. The lowest BCUT2D eigenvalue weighted by Gasteiger charge is -2.35. The molecule has 0 saturated carbocycles. The minimum atomic E-state index is 0.360. The topological polar surface area (TPSA) is 25.4 Å². The van der Waals surface area contributed by atoms with Gasteiger partial charge in [-0.2, -0.15) is 0 Å². The van der Waals surface area contributed by atoms with Gasteiger partial charge in [-0.25, -0.2) is 0 Å². The fourth-order valence-corrected chi connectivity index (χ4v) is 2.51. The second-order valence-electron chi connectivity index (χ2n) is 4.74. The van der Waals surface area contributed by atoms with E-state index in [0.29, 0.717) is 12.0 Å². The van der Waals surface area contributed by atoms with Crippen LogP contribution in [0.2, 0.25) is 0 Å². The van der Waals surface area contributed by atoms with Crippen LogP contribution < -0.4 is 0 Å². The molecule has 2 unspecified atom stereocenters. The van der Waals surface area contributed by atoms with Crippen molar-refractivity contribution in [3.05, 3.63) is 28.5 Å². The summed E-state index contributed by atoms with van der Waals surface area (Å²) in [7, 11) is 1.81. The van der Waals surface area contributed by atoms with Crippen molar-refractivity contribution in [2.75, 3.05) is 20.2 Å². The van der Waals surface area contributed by atoms with Crippen molar-refractivity contribution in [1.29, 1.82) is 0 Å². The molecule has 0 aliphatic carbocycles. The van der Waals surface area contributed by atoms with Gasteiger partial charge in [0, 0.05) is 30.9 Å². The largest absolute Gasteiger partial charge is 0.380 e. The number of nitrogens with zero attached hydrogens (tertiary/aromatic N) is 2. The molecule has 0 N–H and O–H groups in total. The van der Waals surface area contributed by atoms with Crippen LogP contribution in [0.25, 0.3) is 0 Å². The van der Waals surface area contributed by atoms with E-state index in [2.05, 4.69) is 38.8 Å². The van der Waals surface area contributed by atoms with Gasteiger partial charge >= 0.3 is 0 Å². The number of pyridine rings is 1. The van der Waals surface area contributed by atoms with Gasteiger partial charge in [0.2, 0.25) is 0 Å². The van der Waals surface area contributed by atoms with Crippen molar-refractivity contribution in [1.82, 2.24) is 9.88 Å². The van der Waals surface area contributed by atoms with Gasteiger partial charge in [-0.15, -0.1) is 0 Å². The first-order valence-corrected chi connectivity index (χ1v) is 6.84. The molecule has 2 atom stereocenters. The highest BCUT2D eigenvalue weighted by Crippen LogP contribution is 2.20. The highest BCUT2D eigenvalue weighted by atomic mass is 79.9. The van der Waals surface area contributed by atoms with Crippen LogP contribution in [0, 0.1) is 5.92 Å². The summed E-state index contributed by atoms with van der Waals surface area (Å²) >= 11 is 3.40. The van der Waals surface area contributed by atoms with Crippen molar-refractivity contribution in [3.63, 3.8) is 0 Å². The maximum Gasteiger partial charge on any atom is 0.0724 e. The van der Waals surface area contributed by atoms with Crippen LogP contribution in [-0.2, 0) is 11.3 Å². The highest BCUT2D eigenvalue weighted by Gasteiger charge is 2.25. The average Bonchev–Trinajstić information content (AvgIpc) is 2.34. The Morgan fingerprint density at radius 2 is 2.35 bits per heavy atom. The van der Waals surface area contributed by atoms with Crippen molar-refractivity contribution < 1.29 is 4.74 Å². The van der Waals surface area contributed by atoms with E-state index < -0.39 is 0 Å². The first-order chi connectivity index (χ1) is 8.19. The summed E-state index contributed by atoms with van der Waals surface area (Å²) in [5.41, 5.74) is 1.12. The van der Waals surface area contributed by atoms with Gasteiger partial charge in [0.25, 0.3) is 0 Å². The van der Waals surface area contributed by atoms with Crippen molar-refractivity contribution in [2.45, 2.75) is 26.0 Å². The molecule has 1 aromatic heterocycles. The number of rotatable bonds is 3. The molecule has 3 nitrogen and oxygen atoms in total. The van der Waals surface area contributed by atoms with Gasteiger partial charge in [0.1, 0.15) is 0 Å². The zero-order valence-corrected chi connectivity index (χ0v) is 12.0. The van der Waals surface area contributed by atoms with E-state index in [1.54, 1.807) is 0 Å². The first kappa shape index (κ1) is 13.0. The highest BCUT2D eigenvalue weighted by molar-refractivity contribution is 9.10. The van der Waals surface area contributed by atoms with Crippen molar-refractivity contribution in [3.8, 4) is 0 Å². The standard InChI is InChI=1S/C13H19BrN2O/c1-10-5-6-16(9-13(10)17-2)8-12-4-3-11(14)7-15-12/h3-4,7,10,13H,5-6,8-9H2,1-2H3. The SMILES string of the molecule is COC1CN(Cc2ccc(Br)cn2)CCC1C. The van der Waals surface area contributed by atoms with Gasteiger partial charge in [0.15, 0.2) is 0 Å². The van der Waals surface area contributed by atoms with E-state index in [4.69, 9.17) is 4.74 Å². The third-order valence-corrected chi connectivity index (χ3v) is 3.92. The maximum absolute atomic E-state index is 5.52. The molecule has 94 valence electrons. The minimum absolute atomic E-state index is 0.360. The van der Waals surface area contributed by atoms with Crippen LogP contribution in [0.15, 0.2) is 22.8 Å². The number of hydrogen-bond acceptors (Lipinski definition) is 3. The van der Waals surface area contributed by atoms with Crippen LogP contribution in [0.3, 0.4) is 0 Å². The number of likely N-dealkylation sites (tertiary alicyclic amines) is 1. The molecule has 1 aliphatic rings. The van der Waals surface area contributed by atoms with Gasteiger partial charge in [-0.1, -0.05) is 6.92 Å². The quantitative estimate of drug-likeness (QED) is 0.858. The molecule has 17 heavy (non-hydrogen) atoms. The second kappa shape index (κ2) is 5.94. The Morgan fingerprint density at radius 3 is 3.00 bits per heavy atom. The number of aromatic nitrogens is 1. The van der Waals surface area contributed by atoms with Gasteiger partial charge in [0.05, 0.1) is 11.8 Å². The van der Waals surface area contributed by atoms with E-state index in [1.807, 2.05) is 19.4 Å². The van der Waals surface area contributed by atoms with Gasteiger partial charge in [-0.3, -0.25) is 9.88 Å². The monoisotopic (exact) mass is 298 g/mol. The molecule has 2 rings (SSSR count). The summed E-state index contributed by atoms with van der Waals surface area (Å²) in [6, 6.07) is 4.12. The van der Waals surface area contributed by atoms with Gasteiger partial charge < -0.3 is 4.74 Å². The zero-order chi connectivity index (χ0) is 12.3. The molecule has 4 heteroatoms. The Morgan fingerprint density at radius 1 is 1.53 bits per heavy atom. The molecule has 1 saturated heterocycles. The Balaban J connectivity index is 1.93. The molecular formula is C13H19BrN2O. The lowest BCUT2D eigenvalue weighted by atomic mass is 9.96. The van der Waals surface area contributed by atoms with E-state index in [1.165, 1.54) is 6.42 Å². The predicted octanol–water partition coefficient (Wildman–Crippen LogP) is 2.70. The molecule has 1 fully saturated rings. The van der Waals surface area contributed by atoms with Crippen LogP contribution in [-0.4, -0.2) is 36.2 Å². The lowest BCUT2D eigenvalue weighted by molar-refractivity contribution is -0.00778. The molecule has 0 aromatic carbocycles. The van der Waals surface area contributed by atoms with E-state index in [-0.39, 0.29) is 0 Å². The van der Waals surface area contributed by atoms with Crippen LogP contribution in [0.1, 0.15) is 19.0 Å². The van der Waals surface area contributed by atoms with E-state index in [9.17, 15) is 0 Å². The van der Waals surface area contributed by atoms with Crippen LogP contribution in [0.5, 0.6) is 0 Å². The summed E-state index contributed by atoms with van der Waals surface area (Å²) in [5.74, 6) is 0.661. The Kier molecular flexibility index (Phi) is 4.54. The maximum atomic E-state index is 5.52. The Labute approximate surface area is 111 Å². The summed E-state index contributed by atoms with van der Waals surface area (Å²) in [6.07, 6.45) is 3.42. The Hall–Kier alpha value is -0.450. The third kappa shape index (κ3) is 3.50. The lowest BCUT2D eigenvalue weighted by Crippen LogP contribution is -2.43. The average molecular weight is 299 g/mol. The number of methoxy groups -OCH3 is 1. The van der Waals surface area contributed by atoms with Crippen molar-refractivity contribution >= 4 is 15.9 Å². The van der Waals surface area contributed by atoms with E-state index >= 15 is 0 Å². The third-order valence-electron chi connectivity index (χ3n) is 3.45. The van der Waals surface area contributed by atoms with E-state index in [0.717, 1.165) is 29.8 Å². The number of piperidine rings is 1. The fourth-order valence-electron chi connectivity index (χ4n) is 2.28. The van der Waals surface area contributed by atoms with Crippen LogP contribution >= 0.6 is 15.9 Å². The molecule has 1 aromatic rings. The van der Waals surface area contributed by atoms with Crippen LogP contribution in [0.4, 0.5) is 0 Å². The molecule has 1 aliphatic heterocycles. The molecule has 2 heterocycles. The number of hydrogen-bond donors (Lipinski definition) is 0. The molecular weight excluding hydrogens is 280 g/mol. The zero-order valence-electron chi connectivity index (χ0n) is 10.4. The normalized spacial score (nSPS) is 26.1. The molecule has 0 amide bonds.